The maximum absolute atomic E-state index is 13.0. The second-order valence-electron chi connectivity index (χ2n) is 6.64. The van der Waals surface area contributed by atoms with Gasteiger partial charge in [-0.25, -0.2) is 13.4 Å². The molecule has 1 saturated heterocycles. The van der Waals surface area contributed by atoms with Crippen LogP contribution in [0.15, 0.2) is 21.8 Å². The maximum Gasteiger partial charge on any atom is 0.248 e. The highest BCUT2D eigenvalue weighted by atomic mass is 32.2. The summed E-state index contributed by atoms with van der Waals surface area (Å²) >= 11 is 0. The minimum Gasteiger partial charge on any atom is -0.360 e. The molecule has 132 valence electrons. The molecule has 7 nitrogen and oxygen atoms in total. The van der Waals surface area contributed by atoms with Crippen LogP contribution in [0.4, 0.5) is 0 Å². The lowest BCUT2D eigenvalue weighted by molar-refractivity contribution is 0.302. The number of piperidine rings is 1. The maximum atomic E-state index is 13.0. The summed E-state index contributed by atoms with van der Waals surface area (Å²) in [6.07, 6.45) is 5.51. The third-order valence-corrected chi connectivity index (χ3v) is 6.68. The number of aryl methyl sites for hydroxylation is 2. The molecule has 8 heteroatoms. The van der Waals surface area contributed by atoms with E-state index in [2.05, 4.69) is 28.6 Å². The van der Waals surface area contributed by atoms with Crippen LogP contribution >= 0.6 is 0 Å². The average Bonchev–Trinajstić information content (AvgIpc) is 3.14. The first-order valence-corrected chi connectivity index (χ1v) is 9.72. The predicted octanol–water partition coefficient (Wildman–Crippen LogP) is 2.64. The SMILES string of the molecule is Cc1noc(C)c1S(=O)(=O)N1CCC[C@@H](c2nccn2C(C)C)C1. The summed E-state index contributed by atoms with van der Waals surface area (Å²) in [5.41, 5.74) is 0.415. The molecule has 1 aliphatic rings. The van der Waals surface area contributed by atoms with Crippen molar-refractivity contribution in [3.05, 3.63) is 29.7 Å². The number of sulfonamides is 1. The Balaban J connectivity index is 1.90. The van der Waals surface area contributed by atoms with E-state index >= 15 is 0 Å². The van der Waals surface area contributed by atoms with Crippen molar-refractivity contribution in [2.24, 2.45) is 0 Å². The highest BCUT2D eigenvalue weighted by Crippen LogP contribution is 2.32. The van der Waals surface area contributed by atoms with Gasteiger partial charge in [0.05, 0.1) is 0 Å². The second kappa shape index (κ2) is 6.33. The molecular formula is C16H24N4O3S. The van der Waals surface area contributed by atoms with Crippen LogP contribution in [-0.2, 0) is 10.0 Å². The first kappa shape index (κ1) is 17.2. The molecule has 0 saturated carbocycles. The molecule has 3 rings (SSSR count). The van der Waals surface area contributed by atoms with Crippen molar-refractivity contribution in [3.8, 4) is 0 Å². The summed E-state index contributed by atoms with van der Waals surface area (Å²) in [6, 6.07) is 0.303. The molecule has 0 N–H and O–H groups in total. The zero-order valence-corrected chi connectivity index (χ0v) is 15.4. The molecule has 0 spiro atoms. The van der Waals surface area contributed by atoms with Crippen LogP contribution < -0.4 is 0 Å². The standard InChI is InChI=1S/C16H24N4O3S/c1-11(2)20-9-7-17-16(20)14-6-5-8-19(10-14)24(21,22)15-12(3)18-23-13(15)4/h7,9,11,14H,5-6,8,10H2,1-4H3/t14-/m1/s1. The Hall–Kier alpha value is -1.67. The number of hydrogen-bond acceptors (Lipinski definition) is 5. The van der Waals surface area contributed by atoms with Crippen LogP contribution in [0, 0.1) is 13.8 Å². The van der Waals surface area contributed by atoms with Crippen LogP contribution in [-0.4, -0.2) is 40.5 Å². The van der Waals surface area contributed by atoms with Gasteiger partial charge in [-0.1, -0.05) is 5.16 Å². The molecule has 0 unspecified atom stereocenters. The lowest BCUT2D eigenvalue weighted by atomic mass is 9.98. The zero-order valence-electron chi connectivity index (χ0n) is 14.6. The summed E-state index contributed by atoms with van der Waals surface area (Å²) in [7, 11) is -3.60. The summed E-state index contributed by atoms with van der Waals surface area (Å²) in [5.74, 6) is 1.41. The monoisotopic (exact) mass is 352 g/mol. The van der Waals surface area contributed by atoms with Gasteiger partial charge in [0.25, 0.3) is 0 Å². The molecule has 24 heavy (non-hydrogen) atoms. The number of hydrogen-bond donors (Lipinski definition) is 0. The van der Waals surface area contributed by atoms with Gasteiger partial charge in [0.1, 0.15) is 16.4 Å². The van der Waals surface area contributed by atoms with E-state index in [9.17, 15) is 8.42 Å². The van der Waals surface area contributed by atoms with E-state index in [0.717, 1.165) is 18.7 Å². The van der Waals surface area contributed by atoms with E-state index < -0.39 is 10.0 Å². The highest BCUT2D eigenvalue weighted by Gasteiger charge is 2.36. The highest BCUT2D eigenvalue weighted by molar-refractivity contribution is 7.89. The Kier molecular flexibility index (Phi) is 4.52. The van der Waals surface area contributed by atoms with Crippen molar-refractivity contribution in [1.82, 2.24) is 19.0 Å². The van der Waals surface area contributed by atoms with Crippen LogP contribution in [0.3, 0.4) is 0 Å². The molecule has 1 aliphatic heterocycles. The minimum absolute atomic E-state index is 0.103. The topological polar surface area (TPSA) is 81.2 Å². The summed E-state index contributed by atoms with van der Waals surface area (Å²) in [5, 5.41) is 3.79. The molecule has 0 amide bonds. The lowest BCUT2D eigenvalue weighted by Crippen LogP contribution is -2.40. The fraction of sp³-hybridized carbons (Fsp3) is 0.625. The number of rotatable bonds is 4. The van der Waals surface area contributed by atoms with Gasteiger partial charge in [0.2, 0.25) is 10.0 Å². The average molecular weight is 352 g/mol. The Morgan fingerprint density at radius 3 is 2.71 bits per heavy atom. The third kappa shape index (κ3) is 2.88. The van der Waals surface area contributed by atoms with E-state index in [1.165, 1.54) is 0 Å². The van der Waals surface area contributed by atoms with Crippen molar-refractivity contribution >= 4 is 10.0 Å². The molecule has 0 radical (unpaired) electrons. The Labute approximate surface area is 142 Å². The summed E-state index contributed by atoms with van der Waals surface area (Å²) in [6.45, 7) is 8.47. The lowest BCUT2D eigenvalue weighted by Gasteiger charge is -2.32. The molecule has 0 aromatic carbocycles. The van der Waals surface area contributed by atoms with Gasteiger partial charge in [-0.05, 0) is 40.5 Å². The van der Waals surface area contributed by atoms with Gasteiger partial charge in [-0.2, -0.15) is 4.31 Å². The van der Waals surface area contributed by atoms with Crippen LogP contribution in [0.1, 0.15) is 55.9 Å². The van der Waals surface area contributed by atoms with E-state index in [4.69, 9.17) is 4.52 Å². The summed E-state index contributed by atoms with van der Waals surface area (Å²) in [4.78, 5) is 4.69. The molecule has 3 heterocycles. The van der Waals surface area contributed by atoms with Crippen molar-refractivity contribution in [1.29, 1.82) is 0 Å². The molecule has 2 aromatic heterocycles. The first-order valence-electron chi connectivity index (χ1n) is 8.28. The Bertz CT molecular complexity index is 803. The van der Waals surface area contributed by atoms with Gasteiger partial charge >= 0.3 is 0 Å². The minimum atomic E-state index is -3.60. The summed E-state index contributed by atoms with van der Waals surface area (Å²) < 4.78 is 34.8. The smallest absolute Gasteiger partial charge is 0.248 e. The number of imidazole rings is 1. The third-order valence-electron chi connectivity index (χ3n) is 4.57. The fourth-order valence-electron chi connectivity index (χ4n) is 3.42. The first-order chi connectivity index (χ1) is 11.3. The molecule has 0 bridgehead atoms. The van der Waals surface area contributed by atoms with Gasteiger partial charge in [-0.15, -0.1) is 0 Å². The number of aromatic nitrogens is 3. The van der Waals surface area contributed by atoms with Crippen molar-refractivity contribution in [2.75, 3.05) is 13.1 Å². The Morgan fingerprint density at radius 1 is 1.33 bits per heavy atom. The fourth-order valence-corrected chi connectivity index (χ4v) is 5.24. The van der Waals surface area contributed by atoms with Gasteiger partial charge in [0, 0.05) is 37.4 Å². The molecule has 1 atom stereocenters. The van der Waals surface area contributed by atoms with Gasteiger partial charge in [-0.3, -0.25) is 0 Å². The number of nitrogens with zero attached hydrogens (tertiary/aromatic N) is 4. The molecular weight excluding hydrogens is 328 g/mol. The van der Waals surface area contributed by atoms with E-state index in [1.54, 1.807) is 24.3 Å². The van der Waals surface area contributed by atoms with Crippen molar-refractivity contribution in [3.63, 3.8) is 0 Å². The Morgan fingerprint density at radius 2 is 2.08 bits per heavy atom. The van der Waals surface area contributed by atoms with Crippen LogP contribution in [0.2, 0.25) is 0 Å². The molecule has 1 fully saturated rings. The van der Waals surface area contributed by atoms with E-state index in [0.29, 0.717) is 30.6 Å². The predicted molar refractivity (Wildman–Crippen MR) is 89.3 cm³/mol. The zero-order chi connectivity index (χ0) is 17.5. The van der Waals surface area contributed by atoms with E-state index in [1.807, 2.05) is 6.20 Å². The van der Waals surface area contributed by atoms with Crippen LogP contribution in [0.5, 0.6) is 0 Å². The second-order valence-corrected chi connectivity index (χ2v) is 8.52. The van der Waals surface area contributed by atoms with Gasteiger partial charge < -0.3 is 9.09 Å². The van der Waals surface area contributed by atoms with E-state index in [-0.39, 0.29) is 10.8 Å². The van der Waals surface area contributed by atoms with Crippen molar-refractivity contribution in [2.45, 2.75) is 57.4 Å². The largest absolute Gasteiger partial charge is 0.360 e. The molecule has 0 aliphatic carbocycles. The van der Waals surface area contributed by atoms with Gasteiger partial charge in [0.15, 0.2) is 5.76 Å². The molecule has 2 aromatic rings. The normalized spacial score (nSPS) is 20.0. The quantitative estimate of drug-likeness (QED) is 0.845. The van der Waals surface area contributed by atoms with Crippen molar-refractivity contribution < 1.29 is 12.9 Å². The van der Waals surface area contributed by atoms with Crippen LogP contribution in [0.25, 0.3) is 0 Å².